The molecule has 20 heavy (non-hydrogen) atoms. The summed E-state index contributed by atoms with van der Waals surface area (Å²) in [5.41, 5.74) is 0.419. The molecule has 6 heteroatoms. The lowest BCUT2D eigenvalue weighted by atomic mass is 10.3. The molecule has 2 aromatic rings. The monoisotopic (exact) mass is 292 g/mol. The van der Waals surface area contributed by atoms with E-state index in [1.54, 1.807) is 48.2 Å². The number of hydrogen-bond donors (Lipinski definition) is 1. The third-order valence-corrected chi connectivity index (χ3v) is 3.70. The molecule has 1 amide bonds. The Hall–Kier alpha value is -2.08. The lowest BCUT2D eigenvalue weighted by Gasteiger charge is -2.13. The highest BCUT2D eigenvalue weighted by Crippen LogP contribution is 2.08. The molecular weight excluding hydrogens is 276 g/mol. The quantitative estimate of drug-likeness (QED) is 0.857. The summed E-state index contributed by atoms with van der Waals surface area (Å²) >= 11 is 1.56. The second kappa shape index (κ2) is 6.38. The van der Waals surface area contributed by atoms with Crippen LogP contribution < -0.4 is 5.32 Å². The van der Waals surface area contributed by atoms with Gasteiger partial charge in [-0.3, -0.25) is 4.79 Å². The molecule has 1 N–H and O–H groups in total. The normalized spacial score (nSPS) is 11.9. The van der Waals surface area contributed by atoms with Gasteiger partial charge in [0.1, 0.15) is 5.69 Å². The van der Waals surface area contributed by atoms with E-state index in [1.165, 1.54) is 0 Å². The Morgan fingerprint density at radius 1 is 1.40 bits per heavy atom. The largest absolute Gasteiger partial charge is 0.448 e. The first-order valence-corrected chi connectivity index (χ1v) is 7.08. The van der Waals surface area contributed by atoms with Crippen molar-refractivity contribution < 1.29 is 14.3 Å². The first-order valence-electron chi connectivity index (χ1n) is 6.20. The van der Waals surface area contributed by atoms with Gasteiger partial charge in [-0.25, -0.2) is 4.79 Å². The van der Waals surface area contributed by atoms with Crippen LogP contribution in [0.2, 0.25) is 0 Å². The molecule has 0 saturated carbocycles. The molecule has 2 aromatic heterocycles. The number of ether oxygens (including phenoxy) is 1. The third-order valence-electron chi connectivity index (χ3n) is 2.82. The number of thiophene rings is 1. The summed E-state index contributed by atoms with van der Waals surface area (Å²) in [4.78, 5) is 24.7. The minimum atomic E-state index is -0.822. The molecule has 0 aromatic carbocycles. The van der Waals surface area contributed by atoms with Gasteiger partial charge in [-0.1, -0.05) is 6.07 Å². The Morgan fingerprint density at radius 2 is 2.20 bits per heavy atom. The Bertz CT molecular complexity index is 589. The summed E-state index contributed by atoms with van der Waals surface area (Å²) < 4.78 is 6.79. The molecule has 0 radical (unpaired) electrons. The molecule has 0 aliphatic carbocycles. The van der Waals surface area contributed by atoms with Crippen molar-refractivity contribution in [3.05, 3.63) is 46.4 Å². The number of aromatic nitrogens is 1. The maximum atomic E-state index is 11.9. The van der Waals surface area contributed by atoms with E-state index in [1.807, 2.05) is 17.5 Å². The van der Waals surface area contributed by atoms with Gasteiger partial charge in [-0.15, -0.1) is 11.3 Å². The molecule has 2 heterocycles. The van der Waals surface area contributed by atoms with E-state index in [4.69, 9.17) is 4.74 Å². The van der Waals surface area contributed by atoms with Crippen LogP contribution in [0.5, 0.6) is 0 Å². The highest BCUT2D eigenvalue weighted by molar-refractivity contribution is 7.09. The molecule has 106 valence electrons. The van der Waals surface area contributed by atoms with Crippen molar-refractivity contribution in [1.29, 1.82) is 0 Å². The molecular formula is C14H16N2O3S. The van der Waals surface area contributed by atoms with Crippen molar-refractivity contribution >= 4 is 23.2 Å². The maximum Gasteiger partial charge on any atom is 0.355 e. The highest BCUT2D eigenvalue weighted by atomic mass is 32.1. The summed E-state index contributed by atoms with van der Waals surface area (Å²) in [6.45, 7) is 2.01. The third kappa shape index (κ3) is 3.48. The standard InChI is InChI=1S/C14H16N2O3S/c1-10(13(17)15-9-11-5-4-8-20-11)19-14(18)12-6-3-7-16(12)2/h3-8,10H,9H2,1-2H3,(H,15,17)/t10-/m1/s1. The lowest BCUT2D eigenvalue weighted by molar-refractivity contribution is -0.129. The summed E-state index contributed by atoms with van der Waals surface area (Å²) in [7, 11) is 1.75. The lowest BCUT2D eigenvalue weighted by Crippen LogP contribution is -2.35. The van der Waals surface area contributed by atoms with Crippen molar-refractivity contribution in [1.82, 2.24) is 9.88 Å². The van der Waals surface area contributed by atoms with Crippen LogP contribution in [0.25, 0.3) is 0 Å². The number of rotatable bonds is 5. The summed E-state index contributed by atoms with van der Waals surface area (Å²) in [6.07, 6.45) is 0.926. The van der Waals surface area contributed by atoms with Crippen LogP contribution in [-0.2, 0) is 23.1 Å². The molecule has 5 nitrogen and oxygen atoms in total. The van der Waals surface area contributed by atoms with Gasteiger partial charge in [0.05, 0.1) is 6.54 Å². The number of hydrogen-bond acceptors (Lipinski definition) is 4. The van der Waals surface area contributed by atoms with Crippen molar-refractivity contribution in [2.45, 2.75) is 19.6 Å². The zero-order valence-corrected chi connectivity index (χ0v) is 12.1. The van der Waals surface area contributed by atoms with E-state index in [9.17, 15) is 9.59 Å². The number of carbonyl (C=O) groups is 2. The molecule has 0 fully saturated rings. The molecule has 0 bridgehead atoms. The first kappa shape index (κ1) is 14.3. The van der Waals surface area contributed by atoms with E-state index in [0.717, 1.165) is 4.88 Å². The molecule has 1 atom stereocenters. The number of amides is 1. The van der Waals surface area contributed by atoms with Crippen LogP contribution in [0.1, 0.15) is 22.3 Å². The van der Waals surface area contributed by atoms with Crippen molar-refractivity contribution in [3.8, 4) is 0 Å². The summed E-state index contributed by atoms with van der Waals surface area (Å²) in [5, 5.41) is 4.68. The van der Waals surface area contributed by atoms with E-state index in [2.05, 4.69) is 5.32 Å². The Morgan fingerprint density at radius 3 is 2.80 bits per heavy atom. The predicted molar refractivity (Wildman–Crippen MR) is 76.5 cm³/mol. The van der Waals surface area contributed by atoms with Gasteiger partial charge in [0, 0.05) is 18.1 Å². The molecule has 0 aliphatic heterocycles. The number of nitrogens with zero attached hydrogens (tertiary/aromatic N) is 1. The van der Waals surface area contributed by atoms with Crippen LogP contribution in [0.3, 0.4) is 0 Å². The van der Waals surface area contributed by atoms with Gasteiger partial charge in [-0.2, -0.15) is 0 Å². The number of nitrogens with one attached hydrogen (secondary N) is 1. The van der Waals surface area contributed by atoms with Gasteiger partial charge < -0.3 is 14.6 Å². The second-order valence-corrected chi connectivity index (χ2v) is 5.38. The number of esters is 1. The van der Waals surface area contributed by atoms with E-state index < -0.39 is 12.1 Å². The zero-order chi connectivity index (χ0) is 14.5. The van der Waals surface area contributed by atoms with Crippen LogP contribution in [-0.4, -0.2) is 22.5 Å². The smallest absolute Gasteiger partial charge is 0.355 e. The number of aryl methyl sites for hydroxylation is 1. The molecule has 2 rings (SSSR count). The minimum absolute atomic E-state index is 0.305. The summed E-state index contributed by atoms with van der Waals surface area (Å²) in [5.74, 6) is -0.808. The van der Waals surface area contributed by atoms with E-state index in [-0.39, 0.29) is 5.91 Å². The maximum absolute atomic E-state index is 11.9. The van der Waals surface area contributed by atoms with Crippen molar-refractivity contribution in [2.24, 2.45) is 7.05 Å². The van der Waals surface area contributed by atoms with Crippen LogP contribution in [0.15, 0.2) is 35.8 Å². The Labute approximate surface area is 121 Å². The van der Waals surface area contributed by atoms with E-state index in [0.29, 0.717) is 12.2 Å². The first-order chi connectivity index (χ1) is 9.58. The topological polar surface area (TPSA) is 60.3 Å². The molecule has 0 spiro atoms. The van der Waals surface area contributed by atoms with Gasteiger partial charge in [0.25, 0.3) is 5.91 Å². The average Bonchev–Trinajstić information content (AvgIpc) is 3.06. The van der Waals surface area contributed by atoms with Gasteiger partial charge >= 0.3 is 5.97 Å². The second-order valence-electron chi connectivity index (χ2n) is 4.35. The van der Waals surface area contributed by atoms with E-state index >= 15 is 0 Å². The molecule has 0 unspecified atom stereocenters. The van der Waals surface area contributed by atoms with Gasteiger partial charge in [0.2, 0.25) is 0 Å². The van der Waals surface area contributed by atoms with Crippen molar-refractivity contribution in [2.75, 3.05) is 0 Å². The fraction of sp³-hybridized carbons (Fsp3) is 0.286. The zero-order valence-electron chi connectivity index (χ0n) is 11.3. The van der Waals surface area contributed by atoms with Crippen LogP contribution in [0, 0.1) is 0 Å². The van der Waals surface area contributed by atoms with Gasteiger partial charge in [-0.05, 0) is 30.5 Å². The van der Waals surface area contributed by atoms with Crippen LogP contribution >= 0.6 is 11.3 Å². The minimum Gasteiger partial charge on any atom is -0.448 e. The van der Waals surface area contributed by atoms with Crippen molar-refractivity contribution in [3.63, 3.8) is 0 Å². The molecule has 0 saturated heterocycles. The Balaban J connectivity index is 1.85. The van der Waals surface area contributed by atoms with Crippen LogP contribution in [0.4, 0.5) is 0 Å². The average molecular weight is 292 g/mol. The summed E-state index contributed by atoms with van der Waals surface area (Å²) in [6, 6.07) is 7.26. The fourth-order valence-electron chi connectivity index (χ4n) is 1.68. The molecule has 0 aliphatic rings. The van der Waals surface area contributed by atoms with Gasteiger partial charge in [0.15, 0.2) is 6.10 Å². The fourth-order valence-corrected chi connectivity index (χ4v) is 2.32. The Kier molecular flexibility index (Phi) is 4.57. The SMILES string of the molecule is C[C@@H](OC(=O)c1cccn1C)C(=O)NCc1cccs1. The predicted octanol–water partition coefficient (Wildman–Crippen LogP) is 1.95. The number of carbonyl (C=O) groups excluding carboxylic acids is 2. The highest BCUT2D eigenvalue weighted by Gasteiger charge is 2.19.